The van der Waals surface area contributed by atoms with E-state index in [0.29, 0.717) is 11.3 Å². The van der Waals surface area contributed by atoms with E-state index < -0.39 is 0 Å². The summed E-state index contributed by atoms with van der Waals surface area (Å²) in [5.74, 6) is -0.189. The van der Waals surface area contributed by atoms with Gasteiger partial charge in [-0.25, -0.2) is 5.01 Å². The van der Waals surface area contributed by atoms with Crippen molar-refractivity contribution in [1.82, 2.24) is 15.4 Å². The van der Waals surface area contributed by atoms with E-state index in [0.717, 1.165) is 25.9 Å². The third-order valence-corrected chi connectivity index (χ3v) is 3.13. The first-order chi connectivity index (χ1) is 8.66. The predicted octanol–water partition coefficient (Wildman–Crippen LogP) is 0.846. The van der Waals surface area contributed by atoms with Gasteiger partial charge in [0.2, 0.25) is 0 Å². The van der Waals surface area contributed by atoms with Crippen LogP contribution in [0.1, 0.15) is 35.3 Å². The van der Waals surface area contributed by atoms with Gasteiger partial charge in [0.15, 0.2) is 0 Å². The standard InChI is InChI=1S/C12H16N4OS/c13-11(18)9-4-5-10(14-8-9)12(17)15-16-6-2-1-3-7-16/h4-5,8H,1-3,6-7H2,(H2,13,18)(H,15,17). The summed E-state index contributed by atoms with van der Waals surface area (Å²) in [5, 5.41) is 1.94. The van der Waals surface area contributed by atoms with Gasteiger partial charge in [-0.15, -0.1) is 0 Å². The molecule has 3 N–H and O–H groups in total. The summed E-state index contributed by atoms with van der Waals surface area (Å²) in [4.78, 5) is 16.3. The number of nitrogens with two attached hydrogens (primary N) is 1. The highest BCUT2D eigenvalue weighted by atomic mass is 32.1. The lowest BCUT2D eigenvalue weighted by Gasteiger charge is -2.26. The highest BCUT2D eigenvalue weighted by molar-refractivity contribution is 7.80. The molecule has 1 aromatic heterocycles. The molecular weight excluding hydrogens is 248 g/mol. The summed E-state index contributed by atoms with van der Waals surface area (Å²) in [7, 11) is 0. The summed E-state index contributed by atoms with van der Waals surface area (Å²) in [5.41, 5.74) is 9.37. The van der Waals surface area contributed by atoms with Crippen molar-refractivity contribution < 1.29 is 4.79 Å². The number of hydrazine groups is 1. The van der Waals surface area contributed by atoms with Crippen LogP contribution in [0.25, 0.3) is 0 Å². The SMILES string of the molecule is NC(=S)c1ccc(C(=O)NN2CCCCC2)nc1. The maximum Gasteiger partial charge on any atom is 0.284 e. The molecule has 18 heavy (non-hydrogen) atoms. The topological polar surface area (TPSA) is 71.2 Å². The van der Waals surface area contributed by atoms with Crippen LogP contribution in [0.4, 0.5) is 0 Å². The minimum absolute atomic E-state index is 0.189. The zero-order valence-corrected chi connectivity index (χ0v) is 10.9. The average molecular weight is 264 g/mol. The molecule has 0 aromatic carbocycles. The molecule has 1 saturated heterocycles. The highest BCUT2D eigenvalue weighted by Gasteiger charge is 2.14. The number of aromatic nitrogens is 1. The van der Waals surface area contributed by atoms with Crippen molar-refractivity contribution in [3.8, 4) is 0 Å². The maximum absolute atomic E-state index is 11.9. The minimum Gasteiger partial charge on any atom is -0.389 e. The van der Waals surface area contributed by atoms with Gasteiger partial charge in [-0.3, -0.25) is 15.2 Å². The number of nitrogens with zero attached hydrogens (tertiary/aromatic N) is 2. The molecule has 0 radical (unpaired) electrons. The molecule has 1 amide bonds. The first kappa shape index (κ1) is 12.9. The van der Waals surface area contributed by atoms with Crippen LogP contribution in [0.15, 0.2) is 18.3 Å². The molecule has 2 rings (SSSR count). The van der Waals surface area contributed by atoms with E-state index >= 15 is 0 Å². The molecule has 1 aromatic rings. The molecule has 0 unspecified atom stereocenters. The van der Waals surface area contributed by atoms with Crippen LogP contribution < -0.4 is 11.2 Å². The smallest absolute Gasteiger partial charge is 0.284 e. The van der Waals surface area contributed by atoms with Crippen LogP contribution >= 0.6 is 12.2 Å². The van der Waals surface area contributed by atoms with Gasteiger partial charge in [-0.05, 0) is 25.0 Å². The molecule has 0 bridgehead atoms. The van der Waals surface area contributed by atoms with E-state index in [9.17, 15) is 4.79 Å². The molecule has 5 nitrogen and oxygen atoms in total. The zero-order chi connectivity index (χ0) is 13.0. The van der Waals surface area contributed by atoms with Gasteiger partial charge in [0, 0.05) is 24.8 Å². The molecule has 96 valence electrons. The zero-order valence-electron chi connectivity index (χ0n) is 10.1. The van der Waals surface area contributed by atoms with E-state index in [4.69, 9.17) is 18.0 Å². The first-order valence-electron chi connectivity index (χ1n) is 5.98. The van der Waals surface area contributed by atoms with Crippen molar-refractivity contribution in [1.29, 1.82) is 0 Å². The number of amides is 1. The summed E-state index contributed by atoms with van der Waals surface area (Å²) in [6.45, 7) is 1.80. The fourth-order valence-electron chi connectivity index (χ4n) is 1.88. The van der Waals surface area contributed by atoms with E-state index in [1.165, 1.54) is 12.6 Å². The number of rotatable bonds is 3. The van der Waals surface area contributed by atoms with E-state index in [-0.39, 0.29) is 10.9 Å². The lowest BCUT2D eigenvalue weighted by Crippen LogP contribution is -2.45. The Kier molecular flexibility index (Phi) is 4.22. The van der Waals surface area contributed by atoms with Crippen LogP contribution in [-0.4, -0.2) is 34.0 Å². The van der Waals surface area contributed by atoms with Crippen LogP contribution in [-0.2, 0) is 0 Å². The van der Waals surface area contributed by atoms with Crippen molar-refractivity contribution in [2.24, 2.45) is 5.73 Å². The Balaban J connectivity index is 1.97. The molecule has 1 aliphatic heterocycles. The van der Waals surface area contributed by atoms with Crippen molar-refractivity contribution in [2.45, 2.75) is 19.3 Å². The monoisotopic (exact) mass is 264 g/mol. The van der Waals surface area contributed by atoms with E-state index in [2.05, 4.69) is 10.4 Å². The number of carbonyl (C=O) groups is 1. The van der Waals surface area contributed by atoms with Crippen LogP contribution in [0.5, 0.6) is 0 Å². The highest BCUT2D eigenvalue weighted by Crippen LogP contribution is 2.07. The van der Waals surface area contributed by atoms with Crippen LogP contribution in [0, 0.1) is 0 Å². The second-order valence-electron chi connectivity index (χ2n) is 4.29. The maximum atomic E-state index is 11.9. The normalized spacial score (nSPS) is 16.2. The number of pyridine rings is 1. The quantitative estimate of drug-likeness (QED) is 0.792. The molecule has 1 aliphatic rings. The molecule has 0 atom stereocenters. The van der Waals surface area contributed by atoms with Gasteiger partial charge >= 0.3 is 0 Å². The van der Waals surface area contributed by atoms with Gasteiger partial charge in [-0.1, -0.05) is 18.6 Å². The molecule has 0 spiro atoms. The molecule has 6 heteroatoms. The summed E-state index contributed by atoms with van der Waals surface area (Å²) in [6, 6.07) is 3.34. The Labute approximate surface area is 111 Å². The van der Waals surface area contributed by atoms with Gasteiger partial charge in [0.1, 0.15) is 10.7 Å². The fourth-order valence-corrected chi connectivity index (χ4v) is 2.00. The Morgan fingerprint density at radius 2 is 2.06 bits per heavy atom. The summed E-state index contributed by atoms with van der Waals surface area (Å²) >= 11 is 4.83. The second-order valence-corrected chi connectivity index (χ2v) is 4.72. The Hall–Kier alpha value is -1.53. The molecule has 0 saturated carbocycles. The van der Waals surface area contributed by atoms with Gasteiger partial charge in [0.25, 0.3) is 5.91 Å². The van der Waals surface area contributed by atoms with Crippen molar-refractivity contribution in [2.75, 3.05) is 13.1 Å². The lowest BCUT2D eigenvalue weighted by molar-refractivity contribution is 0.0745. The second kappa shape index (κ2) is 5.88. The summed E-state index contributed by atoms with van der Waals surface area (Å²) < 4.78 is 0. The summed E-state index contributed by atoms with van der Waals surface area (Å²) in [6.07, 6.45) is 4.99. The molecular formula is C12H16N4OS. The third kappa shape index (κ3) is 3.24. The van der Waals surface area contributed by atoms with Crippen molar-refractivity contribution in [3.05, 3.63) is 29.6 Å². The van der Waals surface area contributed by atoms with Crippen LogP contribution in [0.2, 0.25) is 0 Å². The number of thiocarbonyl (C=S) groups is 1. The third-order valence-electron chi connectivity index (χ3n) is 2.90. The van der Waals surface area contributed by atoms with E-state index in [1.807, 2.05) is 5.01 Å². The largest absolute Gasteiger partial charge is 0.389 e. The predicted molar refractivity (Wildman–Crippen MR) is 73.0 cm³/mol. The van der Waals surface area contributed by atoms with Crippen LogP contribution in [0.3, 0.4) is 0 Å². The number of hydrogen-bond donors (Lipinski definition) is 2. The Morgan fingerprint density at radius 3 is 2.61 bits per heavy atom. The number of hydrogen-bond acceptors (Lipinski definition) is 4. The van der Waals surface area contributed by atoms with Crippen molar-refractivity contribution >= 4 is 23.1 Å². The van der Waals surface area contributed by atoms with Crippen molar-refractivity contribution in [3.63, 3.8) is 0 Å². The van der Waals surface area contributed by atoms with Gasteiger partial charge in [0.05, 0.1) is 0 Å². The number of carbonyl (C=O) groups excluding carboxylic acids is 1. The number of nitrogens with one attached hydrogen (secondary N) is 1. The molecule has 0 aliphatic carbocycles. The van der Waals surface area contributed by atoms with Gasteiger partial charge in [-0.2, -0.15) is 0 Å². The Morgan fingerprint density at radius 1 is 1.33 bits per heavy atom. The minimum atomic E-state index is -0.189. The number of piperidine rings is 1. The average Bonchev–Trinajstić information content (AvgIpc) is 2.40. The van der Waals surface area contributed by atoms with E-state index in [1.54, 1.807) is 12.1 Å². The molecule has 1 fully saturated rings. The fraction of sp³-hybridized carbons (Fsp3) is 0.417. The Bertz CT molecular complexity index is 440. The lowest BCUT2D eigenvalue weighted by atomic mass is 10.2. The first-order valence-corrected chi connectivity index (χ1v) is 6.39. The van der Waals surface area contributed by atoms with Gasteiger partial charge < -0.3 is 5.73 Å². The molecule has 2 heterocycles.